The van der Waals surface area contributed by atoms with Gasteiger partial charge in [-0.15, -0.1) is 0 Å². The quantitative estimate of drug-likeness (QED) is 0.0222. The van der Waals surface area contributed by atoms with Crippen molar-refractivity contribution in [2.75, 3.05) is 21.3 Å². The number of hydrogen-bond donors (Lipinski definition) is 11. The summed E-state index contributed by atoms with van der Waals surface area (Å²) in [6, 6.07) is 25.4. The van der Waals surface area contributed by atoms with E-state index in [9.17, 15) is 0 Å². The highest BCUT2D eigenvalue weighted by atomic mass is 15.4. The minimum Gasteiger partial charge on any atom is -0.354 e. The third-order valence-electron chi connectivity index (χ3n) is 12.2. The zero-order valence-electron chi connectivity index (χ0n) is 49.6. The molecule has 4 aromatic carbocycles. The van der Waals surface area contributed by atoms with E-state index in [0.717, 1.165) is 66.5 Å². The fraction of sp³-hybridized carbons (Fsp3) is 0.400. The van der Waals surface area contributed by atoms with Crippen LogP contribution < -0.4 is 48.0 Å². The van der Waals surface area contributed by atoms with E-state index in [2.05, 4.69) is 181 Å². The molecule has 0 radical (unpaired) electrons. The van der Waals surface area contributed by atoms with Gasteiger partial charge in [-0.1, -0.05) is 0 Å². The molecule has 0 aliphatic carbocycles. The zero-order chi connectivity index (χ0) is 57.8. The maximum Gasteiger partial charge on any atom is 0.254 e. The molecule has 21 heteroatoms. The Bertz CT molecular complexity index is 3700. The first-order valence-electron chi connectivity index (χ1n) is 28.3. The summed E-state index contributed by atoms with van der Waals surface area (Å²) in [5.74, 6) is 4.47. The van der Waals surface area contributed by atoms with Gasteiger partial charge in [0.05, 0.1) is 0 Å². The number of guanidine groups is 4. The van der Waals surface area contributed by atoms with Crippen molar-refractivity contribution in [3.63, 3.8) is 0 Å². The molecule has 0 fully saturated rings. The molecule has 0 unspecified atom stereocenters. The highest BCUT2D eigenvalue weighted by molar-refractivity contribution is 6.10. The first kappa shape index (κ1) is 57.0. The second-order valence-electron chi connectivity index (χ2n) is 22.9. The number of hydrogen-bond acceptors (Lipinski definition) is 10. The van der Waals surface area contributed by atoms with E-state index in [1.807, 2.05) is 60.0 Å². The summed E-state index contributed by atoms with van der Waals surface area (Å²) in [6.45, 7) is 33.2. The number of aliphatic imine (C=N–C) groups is 3. The lowest BCUT2D eigenvalue weighted by molar-refractivity contribution is -0.689. The minimum absolute atomic E-state index is 0.0525. The Labute approximate surface area is 474 Å². The Kier molecular flexibility index (Phi) is 17.1. The number of nitrogens with one attached hydrogen (secondary N) is 10. The van der Waals surface area contributed by atoms with Crippen molar-refractivity contribution in [3.8, 4) is 45.6 Å². The van der Waals surface area contributed by atoms with Crippen LogP contribution in [0.4, 0.5) is 22.7 Å². The molecule has 5 heterocycles. The average molecular weight is 1100 g/mol. The Morgan fingerprint density at radius 3 is 1.01 bits per heavy atom. The second-order valence-corrected chi connectivity index (χ2v) is 22.9. The molecule has 12 N–H and O–H groups in total. The number of rotatable bonds is 13. The molecular formula is C60H80N21+. The Morgan fingerprint density at radius 1 is 0.358 bits per heavy atom. The lowest BCUT2D eigenvalue weighted by atomic mass is 10.1. The maximum atomic E-state index is 5.39. The van der Waals surface area contributed by atoms with Crippen LogP contribution >= 0.6 is 0 Å². The van der Waals surface area contributed by atoms with Crippen molar-refractivity contribution in [3.05, 3.63) is 72.8 Å². The molecule has 8 bridgehead atoms. The largest absolute Gasteiger partial charge is 0.354 e. The molecule has 2 aliphatic rings. The summed E-state index contributed by atoms with van der Waals surface area (Å²) in [5.41, 5.74) is 10.5. The molecule has 0 atom stereocenters. The molecule has 81 heavy (non-hydrogen) atoms. The number of benzene rings is 4. The van der Waals surface area contributed by atoms with E-state index in [1.54, 1.807) is 0 Å². The standard InChI is InChI=1S/C60H79N21/c1-29(2)61-57(62-30(3)4)68-37-17-21-41-45(25-37)53-72-49(41)74-54-47-27-39(70-59(65-33(9)10)66-34(11)12)19-23-43(47)51(76-54)78-56-48-28-40(71-60(67-35(13)14)81-80-36(15)16)20-24-44(48)52(79-56)77-55-46-26-38(18-22-42(46)50(73-53)75-55)69-58(63-31(5)6)64-32(7)8/h17-36,80H,1-16H3,(H2,61,62,68)(H2,63,64,69)(H2,65,66,70)(H2,67,71,81)(H2,72,73,74,75,76,77,78,79)/p+1. The Balaban J connectivity index is 1.34. The van der Waals surface area contributed by atoms with Crippen molar-refractivity contribution in [1.82, 2.24) is 61.1 Å². The van der Waals surface area contributed by atoms with E-state index < -0.39 is 0 Å². The highest BCUT2D eigenvalue weighted by Crippen LogP contribution is 2.39. The Hall–Kier alpha value is -8.72. The van der Waals surface area contributed by atoms with Gasteiger partial charge < -0.3 is 52.5 Å². The van der Waals surface area contributed by atoms with Crippen molar-refractivity contribution in [1.29, 1.82) is 0 Å². The average Bonchev–Trinajstić information content (AvgIpc) is 4.17. The SMILES string of the molecule is CC(C)N=C(Nc1ccc2c(c1)-c1nc-2nc2[nH]c(nc3nc(nc4[nH]c(n1)c1ccc(NC(=NC(C)C)NC(C)C)cc41)-c1ccc(N/C(=N\[NH2+]C(C)C)NC(C)C)cc1-3)c1ccc(NC(=NC(C)C)NC(C)C)cc21)NC(C)C. The molecule has 2 aliphatic heterocycles. The summed E-state index contributed by atoms with van der Waals surface area (Å²) >= 11 is 0. The van der Waals surface area contributed by atoms with Gasteiger partial charge in [-0.3, -0.25) is 15.0 Å². The number of aromatic nitrogens is 8. The van der Waals surface area contributed by atoms with Crippen molar-refractivity contribution < 1.29 is 5.43 Å². The summed E-state index contributed by atoms with van der Waals surface area (Å²) in [5, 5.41) is 36.1. The number of H-pyrrole nitrogens is 2. The van der Waals surface area contributed by atoms with Gasteiger partial charge in [0.1, 0.15) is 28.6 Å². The first-order chi connectivity index (χ1) is 38.6. The van der Waals surface area contributed by atoms with Crippen LogP contribution in [0, 0.1) is 0 Å². The second kappa shape index (κ2) is 24.3. The van der Waals surface area contributed by atoms with Gasteiger partial charge in [0, 0.05) is 109 Å². The molecule has 9 rings (SSSR count). The number of fused-ring (bicyclic) bond motifs is 20. The fourth-order valence-corrected chi connectivity index (χ4v) is 9.17. The predicted octanol–water partition coefficient (Wildman–Crippen LogP) is 10.0. The van der Waals surface area contributed by atoms with Gasteiger partial charge in [0.2, 0.25) is 0 Å². The molecular weight excluding hydrogens is 1010 g/mol. The molecule has 0 spiro atoms. The van der Waals surface area contributed by atoms with Crippen LogP contribution in [0.25, 0.3) is 89.7 Å². The van der Waals surface area contributed by atoms with Gasteiger partial charge in [-0.05, 0) is 189 Å². The molecule has 3 aromatic heterocycles. The zero-order valence-corrected chi connectivity index (χ0v) is 49.6. The number of quaternary nitrogens is 1. The lowest BCUT2D eigenvalue weighted by Crippen LogP contribution is -2.83. The van der Waals surface area contributed by atoms with Crippen molar-refractivity contribution in [2.24, 2.45) is 20.1 Å². The number of nitrogens with two attached hydrogens (primary N) is 1. The summed E-state index contributed by atoms with van der Waals surface area (Å²) in [6.07, 6.45) is 0. The van der Waals surface area contributed by atoms with Crippen molar-refractivity contribution >= 4 is 90.7 Å². The van der Waals surface area contributed by atoms with Gasteiger partial charge in [0.15, 0.2) is 41.2 Å². The number of nitrogens with zero attached hydrogens (tertiary/aromatic N) is 10. The van der Waals surface area contributed by atoms with E-state index in [1.165, 1.54) is 0 Å². The molecule has 424 valence electrons. The maximum absolute atomic E-state index is 5.39. The van der Waals surface area contributed by atoms with Gasteiger partial charge in [-0.25, -0.2) is 35.3 Å². The van der Waals surface area contributed by atoms with Crippen LogP contribution in [-0.2, 0) is 0 Å². The van der Waals surface area contributed by atoms with Crippen LogP contribution in [-0.4, -0.2) is 112 Å². The smallest absolute Gasteiger partial charge is 0.254 e. The van der Waals surface area contributed by atoms with Crippen LogP contribution in [0.3, 0.4) is 0 Å². The summed E-state index contributed by atoms with van der Waals surface area (Å²) < 4.78 is 0. The Morgan fingerprint density at radius 2 is 0.667 bits per heavy atom. The topological polar surface area (TPSA) is 271 Å². The normalized spacial score (nSPS) is 13.2. The van der Waals surface area contributed by atoms with E-state index in [4.69, 9.17) is 50.0 Å². The third-order valence-corrected chi connectivity index (χ3v) is 12.2. The van der Waals surface area contributed by atoms with Gasteiger partial charge in [0.25, 0.3) is 5.96 Å². The predicted molar refractivity (Wildman–Crippen MR) is 336 cm³/mol. The summed E-state index contributed by atoms with van der Waals surface area (Å²) in [4.78, 5) is 54.0. The van der Waals surface area contributed by atoms with Gasteiger partial charge >= 0.3 is 0 Å². The van der Waals surface area contributed by atoms with Crippen LogP contribution in [0.15, 0.2) is 92.9 Å². The highest BCUT2D eigenvalue weighted by Gasteiger charge is 2.25. The van der Waals surface area contributed by atoms with Crippen LogP contribution in [0.1, 0.15) is 111 Å². The molecule has 21 nitrogen and oxygen atoms in total. The van der Waals surface area contributed by atoms with Crippen molar-refractivity contribution in [2.45, 2.75) is 159 Å². The van der Waals surface area contributed by atoms with Gasteiger partial charge in [-0.2, -0.15) is 0 Å². The monoisotopic (exact) mass is 1090 g/mol. The molecule has 7 aromatic rings. The molecule has 0 saturated carbocycles. The first-order valence-corrected chi connectivity index (χ1v) is 28.3. The molecule has 0 saturated heterocycles. The summed E-state index contributed by atoms with van der Waals surface area (Å²) in [7, 11) is 0. The minimum atomic E-state index is 0.0525. The van der Waals surface area contributed by atoms with E-state index in [-0.39, 0.29) is 48.3 Å². The number of aromatic amines is 2. The fourth-order valence-electron chi connectivity index (χ4n) is 9.17. The number of anilines is 4. The van der Waals surface area contributed by atoms with E-state index >= 15 is 0 Å². The lowest BCUT2D eigenvalue weighted by Gasteiger charge is -2.16. The molecule has 0 amide bonds. The van der Waals surface area contributed by atoms with Crippen LogP contribution in [0.2, 0.25) is 0 Å². The van der Waals surface area contributed by atoms with E-state index in [0.29, 0.717) is 69.7 Å². The third kappa shape index (κ3) is 14.0. The van der Waals surface area contributed by atoms with Crippen LogP contribution in [0.5, 0.6) is 0 Å².